The van der Waals surface area contributed by atoms with Crippen LogP contribution in [0.2, 0.25) is 0 Å². The van der Waals surface area contributed by atoms with E-state index < -0.39 is 22.0 Å². The summed E-state index contributed by atoms with van der Waals surface area (Å²) in [4.78, 5) is 32.6. The van der Waals surface area contributed by atoms with Gasteiger partial charge in [-0.1, -0.05) is 0 Å². The molecule has 1 atom stereocenters. The van der Waals surface area contributed by atoms with Gasteiger partial charge in [0, 0.05) is 30.4 Å². The predicted octanol–water partition coefficient (Wildman–Crippen LogP) is 0.894. The van der Waals surface area contributed by atoms with E-state index in [-0.39, 0.29) is 45.5 Å². The van der Waals surface area contributed by atoms with Gasteiger partial charge in [-0.2, -0.15) is 0 Å². The number of amides is 2. The van der Waals surface area contributed by atoms with Gasteiger partial charge in [0.2, 0.25) is 10.0 Å². The molecular weight excluding hydrogens is 510 g/mol. The van der Waals surface area contributed by atoms with E-state index in [1.54, 1.807) is 23.2 Å². The number of benzene rings is 1. The molecule has 6 rings (SSSR count). The molecule has 3 aromatic rings. The maximum Gasteiger partial charge on any atom is 0.259 e. The number of hydrogen-bond acceptors (Lipinski definition) is 8. The number of hydrogen-bond donors (Lipinski definition) is 4. The molecule has 0 saturated heterocycles. The van der Waals surface area contributed by atoms with Crippen molar-refractivity contribution < 1.29 is 23.1 Å². The molecule has 12 nitrogen and oxygen atoms in total. The minimum absolute atomic E-state index is 0.00901. The minimum Gasteiger partial charge on any atom is -0.393 e. The van der Waals surface area contributed by atoms with Crippen LogP contribution in [0.3, 0.4) is 0 Å². The fourth-order valence-electron chi connectivity index (χ4n) is 5.36. The largest absolute Gasteiger partial charge is 0.393 e. The summed E-state index contributed by atoms with van der Waals surface area (Å²) < 4.78 is 29.8. The Labute approximate surface area is 219 Å². The number of sulfonamides is 1. The first-order valence-electron chi connectivity index (χ1n) is 12.6. The second-order valence-electron chi connectivity index (χ2n) is 10.4. The molecule has 3 heterocycles. The van der Waals surface area contributed by atoms with E-state index in [0.29, 0.717) is 42.1 Å². The smallest absolute Gasteiger partial charge is 0.259 e. The molecule has 2 aliphatic carbocycles. The van der Waals surface area contributed by atoms with Gasteiger partial charge in [0.05, 0.1) is 22.3 Å². The van der Waals surface area contributed by atoms with Gasteiger partial charge in [-0.25, -0.2) is 22.6 Å². The van der Waals surface area contributed by atoms with E-state index in [9.17, 15) is 23.1 Å². The number of aliphatic hydroxyl groups is 1. The molecule has 200 valence electrons. The number of aliphatic hydroxyl groups excluding tert-OH is 1. The van der Waals surface area contributed by atoms with E-state index in [1.165, 1.54) is 17.6 Å². The minimum atomic E-state index is -3.96. The summed E-state index contributed by atoms with van der Waals surface area (Å²) in [6.45, 7) is 2.32. The maximum atomic E-state index is 13.4. The highest BCUT2D eigenvalue weighted by molar-refractivity contribution is 7.89. The molecule has 38 heavy (non-hydrogen) atoms. The summed E-state index contributed by atoms with van der Waals surface area (Å²) in [7, 11) is -2.65. The lowest BCUT2D eigenvalue weighted by molar-refractivity contribution is 0.0563. The number of anilines is 1. The van der Waals surface area contributed by atoms with Crippen LogP contribution in [0.4, 0.5) is 5.82 Å². The number of rotatable bonds is 7. The molecule has 2 fully saturated rings. The fraction of sp³-hybridized carbons (Fsp3) is 0.440. The van der Waals surface area contributed by atoms with Crippen molar-refractivity contribution in [1.29, 1.82) is 0 Å². The standard InChI is InChI=1S/C25H29N7O5S/c1-12(13-3-4-13)31-11-15-7-14(8-19(20(15)25(31)35)38(36,37)27-2)18-5-6-32-23(29-18)21(22(26)30-32)24(34)28-16-9-17(33)10-16/h5-8,12-13,16-17,27,33H,3-4,9-11H2,1-2H3,(H2,26,30)(H,28,34)/t12-,16?,17?/m0/s1. The van der Waals surface area contributed by atoms with E-state index in [1.807, 2.05) is 6.92 Å². The topological polar surface area (TPSA) is 172 Å². The van der Waals surface area contributed by atoms with Crippen molar-refractivity contribution in [3.63, 3.8) is 0 Å². The Morgan fingerprint density at radius 1 is 1.26 bits per heavy atom. The molecule has 5 N–H and O–H groups in total. The average molecular weight is 540 g/mol. The van der Waals surface area contributed by atoms with Crippen LogP contribution in [-0.2, 0) is 16.6 Å². The van der Waals surface area contributed by atoms with Crippen molar-refractivity contribution in [3.05, 3.63) is 41.1 Å². The van der Waals surface area contributed by atoms with Crippen LogP contribution in [0, 0.1) is 5.92 Å². The van der Waals surface area contributed by atoms with E-state index >= 15 is 0 Å². The van der Waals surface area contributed by atoms with Crippen molar-refractivity contribution in [2.45, 2.75) is 62.2 Å². The normalized spacial score (nSPS) is 21.9. The van der Waals surface area contributed by atoms with Crippen LogP contribution in [0.25, 0.3) is 16.9 Å². The third kappa shape index (κ3) is 4.01. The first-order chi connectivity index (χ1) is 18.1. The Kier molecular flexibility index (Phi) is 5.70. The van der Waals surface area contributed by atoms with Crippen LogP contribution in [0.15, 0.2) is 29.3 Å². The van der Waals surface area contributed by atoms with Crippen molar-refractivity contribution >= 4 is 33.3 Å². The van der Waals surface area contributed by atoms with Crippen molar-refractivity contribution in [1.82, 2.24) is 29.5 Å². The third-order valence-corrected chi connectivity index (χ3v) is 9.28. The second kappa shape index (κ2) is 8.75. The zero-order valence-electron chi connectivity index (χ0n) is 21.0. The Hall–Kier alpha value is -3.55. The lowest BCUT2D eigenvalue weighted by Gasteiger charge is -2.31. The molecule has 0 spiro atoms. The lowest BCUT2D eigenvalue weighted by atomic mass is 9.89. The van der Waals surface area contributed by atoms with Crippen molar-refractivity contribution in [2.75, 3.05) is 12.8 Å². The first-order valence-corrected chi connectivity index (χ1v) is 14.1. The van der Waals surface area contributed by atoms with Gasteiger partial charge in [0.15, 0.2) is 11.5 Å². The molecule has 2 aromatic heterocycles. The highest BCUT2D eigenvalue weighted by Gasteiger charge is 2.41. The van der Waals surface area contributed by atoms with Crippen LogP contribution < -0.4 is 15.8 Å². The molecule has 2 amide bonds. The summed E-state index contributed by atoms with van der Waals surface area (Å²) >= 11 is 0. The van der Waals surface area contributed by atoms with Gasteiger partial charge in [0.25, 0.3) is 11.8 Å². The van der Waals surface area contributed by atoms with E-state index in [2.05, 4.69) is 20.1 Å². The summed E-state index contributed by atoms with van der Waals surface area (Å²) in [5.74, 6) is -0.287. The number of nitrogens with one attached hydrogen (secondary N) is 2. The molecule has 1 aromatic carbocycles. The molecule has 3 aliphatic rings. The van der Waals surface area contributed by atoms with Crippen molar-refractivity contribution in [3.8, 4) is 11.3 Å². The number of carbonyl (C=O) groups is 2. The first kappa shape index (κ1) is 24.8. The molecule has 1 aliphatic heterocycles. The zero-order valence-corrected chi connectivity index (χ0v) is 21.8. The number of carbonyl (C=O) groups excluding carboxylic acids is 2. The van der Waals surface area contributed by atoms with Crippen LogP contribution >= 0.6 is 0 Å². The lowest BCUT2D eigenvalue weighted by Crippen LogP contribution is -2.46. The summed E-state index contributed by atoms with van der Waals surface area (Å²) in [6.07, 6.45) is 4.23. The molecule has 0 unspecified atom stereocenters. The van der Waals surface area contributed by atoms with Gasteiger partial charge in [-0.15, -0.1) is 5.10 Å². The van der Waals surface area contributed by atoms with Gasteiger partial charge in [0.1, 0.15) is 5.56 Å². The third-order valence-electron chi connectivity index (χ3n) is 7.84. The number of nitrogens with zero attached hydrogens (tertiary/aromatic N) is 4. The highest BCUT2D eigenvalue weighted by Crippen LogP contribution is 2.40. The zero-order chi connectivity index (χ0) is 26.9. The van der Waals surface area contributed by atoms with E-state index in [0.717, 1.165) is 12.8 Å². The number of fused-ring (bicyclic) bond motifs is 2. The SMILES string of the molecule is CNS(=O)(=O)c1cc(-c2ccn3nc(N)c(C(=O)NC4CC(O)C4)c3n2)cc2c1C(=O)N([C@@H](C)C1CC1)C2. The molecule has 0 radical (unpaired) electrons. The van der Waals surface area contributed by atoms with Crippen molar-refractivity contribution in [2.24, 2.45) is 5.92 Å². The van der Waals surface area contributed by atoms with Crippen LogP contribution in [0.5, 0.6) is 0 Å². The quantitative estimate of drug-likeness (QED) is 0.343. The highest BCUT2D eigenvalue weighted by atomic mass is 32.2. The maximum absolute atomic E-state index is 13.4. The molecule has 0 bridgehead atoms. The Morgan fingerprint density at radius 2 is 2.00 bits per heavy atom. The Bertz CT molecular complexity index is 1590. The molecule has 2 saturated carbocycles. The average Bonchev–Trinajstić information content (AvgIpc) is 3.59. The van der Waals surface area contributed by atoms with Gasteiger partial charge < -0.3 is 21.1 Å². The Balaban J connectivity index is 1.43. The number of nitrogens with two attached hydrogens (primary N) is 1. The number of nitrogen functional groups attached to an aromatic ring is 1. The van der Waals surface area contributed by atoms with Gasteiger partial charge >= 0.3 is 0 Å². The van der Waals surface area contributed by atoms with Crippen LogP contribution in [-0.4, -0.2) is 70.1 Å². The van der Waals surface area contributed by atoms with Crippen LogP contribution in [0.1, 0.15) is 58.9 Å². The molecular formula is C25H29N7O5S. The monoisotopic (exact) mass is 539 g/mol. The summed E-state index contributed by atoms with van der Waals surface area (Å²) in [5.41, 5.74) is 8.08. The van der Waals surface area contributed by atoms with E-state index in [4.69, 9.17) is 5.73 Å². The summed E-state index contributed by atoms with van der Waals surface area (Å²) in [6, 6.07) is 4.75. The Morgan fingerprint density at radius 3 is 2.66 bits per heavy atom. The number of aromatic nitrogens is 3. The summed E-state index contributed by atoms with van der Waals surface area (Å²) in [5, 5.41) is 16.6. The second-order valence-corrected chi connectivity index (χ2v) is 12.2. The predicted molar refractivity (Wildman–Crippen MR) is 138 cm³/mol. The van der Waals surface area contributed by atoms with Gasteiger partial charge in [-0.3, -0.25) is 9.59 Å². The van der Waals surface area contributed by atoms with Gasteiger partial charge in [-0.05, 0) is 69.3 Å². The molecule has 13 heteroatoms. The fourth-order valence-corrected chi connectivity index (χ4v) is 6.35.